The van der Waals surface area contributed by atoms with Crippen molar-refractivity contribution in [3.63, 3.8) is 0 Å². The summed E-state index contributed by atoms with van der Waals surface area (Å²) >= 11 is 0. The molecule has 0 fully saturated rings. The molecule has 3 aromatic rings. The monoisotopic (exact) mass is 324 g/mol. The Kier molecular flexibility index (Phi) is 4.86. The quantitative estimate of drug-likeness (QED) is 0.695. The van der Waals surface area contributed by atoms with Gasteiger partial charge in [-0.15, -0.1) is 5.10 Å². The molecule has 0 aliphatic rings. The van der Waals surface area contributed by atoms with E-state index in [1.807, 2.05) is 55.3 Å². The Morgan fingerprint density at radius 1 is 1.17 bits per heavy atom. The molecule has 0 radical (unpaired) electrons. The number of hydrogen-bond donors (Lipinski definition) is 0. The minimum atomic E-state index is -0.132. The molecule has 0 spiro atoms. The van der Waals surface area contributed by atoms with Crippen LogP contribution in [-0.2, 0) is 6.67 Å². The van der Waals surface area contributed by atoms with E-state index < -0.39 is 0 Å². The van der Waals surface area contributed by atoms with E-state index in [0.29, 0.717) is 30.7 Å². The second-order valence-corrected chi connectivity index (χ2v) is 5.80. The zero-order valence-corrected chi connectivity index (χ0v) is 13.8. The second-order valence-electron chi connectivity index (χ2n) is 5.80. The molecule has 6 heteroatoms. The van der Waals surface area contributed by atoms with Gasteiger partial charge in [-0.2, -0.15) is 4.68 Å². The van der Waals surface area contributed by atoms with E-state index in [-0.39, 0.29) is 5.56 Å². The molecule has 0 saturated heterocycles. The number of likely N-dealkylation sites (N-methyl/N-ethyl adjacent to an activating group) is 1. The van der Waals surface area contributed by atoms with Gasteiger partial charge in [-0.1, -0.05) is 29.5 Å². The molecular formula is C18H20N4O2. The number of aromatic nitrogens is 3. The molecule has 24 heavy (non-hydrogen) atoms. The zero-order valence-electron chi connectivity index (χ0n) is 13.8. The van der Waals surface area contributed by atoms with E-state index in [4.69, 9.17) is 4.74 Å². The van der Waals surface area contributed by atoms with Crippen molar-refractivity contribution in [2.45, 2.75) is 13.6 Å². The van der Waals surface area contributed by atoms with Crippen molar-refractivity contribution < 1.29 is 4.74 Å². The standard InChI is InChI=1S/C18H20N4O2/c1-14-6-5-7-15(12-14)24-11-10-21(2)13-22-18(23)16-8-3-4-9-17(16)19-20-22/h3-9,12H,10-11,13H2,1-2H3. The fourth-order valence-electron chi connectivity index (χ4n) is 2.44. The summed E-state index contributed by atoms with van der Waals surface area (Å²) in [5, 5.41) is 8.66. The van der Waals surface area contributed by atoms with Crippen molar-refractivity contribution >= 4 is 10.9 Å². The molecule has 3 rings (SSSR count). The van der Waals surface area contributed by atoms with Crippen LogP contribution in [0.4, 0.5) is 0 Å². The van der Waals surface area contributed by atoms with E-state index in [0.717, 1.165) is 5.75 Å². The van der Waals surface area contributed by atoms with Crippen molar-refractivity contribution in [1.29, 1.82) is 0 Å². The first-order chi connectivity index (χ1) is 11.6. The Morgan fingerprint density at radius 2 is 2.00 bits per heavy atom. The van der Waals surface area contributed by atoms with Crippen LogP contribution in [0.5, 0.6) is 5.75 Å². The molecule has 6 nitrogen and oxygen atoms in total. The molecule has 0 aliphatic heterocycles. The van der Waals surface area contributed by atoms with Crippen molar-refractivity contribution in [3.8, 4) is 5.75 Å². The van der Waals surface area contributed by atoms with Gasteiger partial charge in [0.05, 0.1) is 12.1 Å². The lowest BCUT2D eigenvalue weighted by Gasteiger charge is -2.17. The van der Waals surface area contributed by atoms with Gasteiger partial charge in [0, 0.05) is 6.54 Å². The Hall–Kier alpha value is -2.73. The van der Waals surface area contributed by atoms with Gasteiger partial charge in [-0.25, -0.2) is 0 Å². The van der Waals surface area contributed by atoms with Crippen LogP contribution in [0, 0.1) is 6.92 Å². The number of ether oxygens (including phenoxy) is 1. The largest absolute Gasteiger partial charge is 0.492 e. The maximum absolute atomic E-state index is 12.4. The molecule has 0 amide bonds. The Balaban J connectivity index is 1.60. The second kappa shape index (κ2) is 7.23. The number of nitrogens with zero attached hydrogens (tertiary/aromatic N) is 4. The van der Waals surface area contributed by atoms with E-state index >= 15 is 0 Å². The first-order valence-electron chi connectivity index (χ1n) is 7.84. The topological polar surface area (TPSA) is 60.2 Å². The number of rotatable bonds is 6. The highest BCUT2D eigenvalue weighted by Gasteiger charge is 2.07. The minimum Gasteiger partial charge on any atom is -0.492 e. The first kappa shape index (κ1) is 16.1. The van der Waals surface area contributed by atoms with Gasteiger partial charge in [0.15, 0.2) is 0 Å². The summed E-state index contributed by atoms with van der Waals surface area (Å²) in [4.78, 5) is 14.4. The minimum absolute atomic E-state index is 0.132. The normalized spacial score (nSPS) is 11.1. The average Bonchev–Trinajstić information content (AvgIpc) is 2.58. The van der Waals surface area contributed by atoms with Crippen LogP contribution in [0.1, 0.15) is 5.56 Å². The molecule has 0 bridgehead atoms. The Labute approximate surface area is 140 Å². The number of fused-ring (bicyclic) bond motifs is 1. The van der Waals surface area contributed by atoms with Gasteiger partial charge < -0.3 is 4.74 Å². The van der Waals surface area contributed by atoms with E-state index in [2.05, 4.69) is 10.3 Å². The molecule has 0 atom stereocenters. The number of hydrogen-bond acceptors (Lipinski definition) is 5. The molecule has 1 aromatic heterocycles. The van der Waals surface area contributed by atoms with Crippen molar-refractivity contribution in [2.24, 2.45) is 0 Å². The molecule has 124 valence electrons. The predicted molar refractivity (Wildman–Crippen MR) is 93.1 cm³/mol. The molecule has 2 aromatic carbocycles. The van der Waals surface area contributed by atoms with Crippen LogP contribution in [-0.4, -0.2) is 40.1 Å². The highest BCUT2D eigenvalue weighted by atomic mass is 16.5. The smallest absolute Gasteiger partial charge is 0.278 e. The van der Waals surface area contributed by atoms with Gasteiger partial charge in [0.1, 0.15) is 17.9 Å². The SMILES string of the molecule is Cc1cccc(OCCN(C)Cn2nnc3ccccc3c2=O)c1. The van der Waals surface area contributed by atoms with Crippen LogP contribution in [0.3, 0.4) is 0 Å². The summed E-state index contributed by atoms with van der Waals surface area (Å²) in [6.07, 6.45) is 0. The Bertz CT molecular complexity index is 891. The van der Waals surface area contributed by atoms with Gasteiger partial charge >= 0.3 is 0 Å². The van der Waals surface area contributed by atoms with Gasteiger partial charge in [0.25, 0.3) is 5.56 Å². The number of aryl methyl sites for hydroxylation is 1. The summed E-state index contributed by atoms with van der Waals surface area (Å²) in [5.74, 6) is 0.853. The summed E-state index contributed by atoms with van der Waals surface area (Å²) in [5.41, 5.74) is 1.65. The summed E-state index contributed by atoms with van der Waals surface area (Å²) in [6.45, 7) is 3.61. The number of benzene rings is 2. The lowest BCUT2D eigenvalue weighted by molar-refractivity contribution is 0.194. The maximum atomic E-state index is 12.4. The third kappa shape index (κ3) is 3.78. The summed E-state index contributed by atoms with van der Waals surface area (Å²) < 4.78 is 7.10. The van der Waals surface area contributed by atoms with Gasteiger partial charge in [-0.3, -0.25) is 9.69 Å². The van der Waals surface area contributed by atoms with E-state index in [9.17, 15) is 4.79 Å². The third-order valence-corrected chi connectivity index (χ3v) is 3.74. The fourth-order valence-corrected chi connectivity index (χ4v) is 2.44. The fraction of sp³-hybridized carbons (Fsp3) is 0.278. The van der Waals surface area contributed by atoms with Crippen molar-refractivity contribution in [2.75, 3.05) is 20.2 Å². The van der Waals surface area contributed by atoms with E-state index in [1.165, 1.54) is 10.2 Å². The van der Waals surface area contributed by atoms with Crippen LogP contribution in [0.25, 0.3) is 10.9 Å². The average molecular weight is 324 g/mol. The van der Waals surface area contributed by atoms with Gasteiger partial charge in [0.2, 0.25) is 0 Å². The molecule has 0 unspecified atom stereocenters. The first-order valence-corrected chi connectivity index (χ1v) is 7.84. The third-order valence-electron chi connectivity index (χ3n) is 3.74. The molecular weight excluding hydrogens is 304 g/mol. The lowest BCUT2D eigenvalue weighted by Crippen LogP contribution is -2.34. The molecule has 0 N–H and O–H groups in total. The molecule has 1 heterocycles. The zero-order chi connectivity index (χ0) is 16.9. The maximum Gasteiger partial charge on any atom is 0.278 e. The van der Waals surface area contributed by atoms with Crippen LogP contribution < -0.4 is 10.3 Å². The van der Waals surface area contributed by atoms with Gasteiger partial charge in [-0.05, 0) is 43.8 Å². The highest BCUT2D eigenvalue weighted by molar-refractivity contribution is 5.76. The van der Waals surface area contributed by atoms with Crippen LogP contribution in [0.15, 0.2) is 53.3 Å². The molecule has 0 aliphatic carbocycles. The van der Waals surface area contributed by atoms with Crippen molar-refractivity contribution in [3.05, 3.63) is 64.4 Å². The lowest BCUT2D eigenvalue weighted by atomic mass is 10.2. The summed E-state index contributed by atoms with van der Waals surface area (Å²) in [7, 11) is 1.92. The van der Waals surface area contributed by atoms with Crippen molar-refractivity contribution in [1.82, 2.24) is 19.9 Å². The van der Waals surface area contributed by atoms with Crippen LogP contribution in [0.2, 0.25) is 0 Å². The Morgan fingerprint density at radius 3 is 2.83 bits per heavy atom. The summed E-state index contributed by atoms with van der Waals surface area (Å²) in [6, 6.07) is 15.2. The van der Waals surface area contributed by atoms with Crippen LogP contribution >= 0.6 is 0 Å². The molecule has 0 saturated carbocycles. The highest BCUT2D eigenvalue weighted by Crippen LogP contribution is 2.12. The predicted octanol–water partition coefficient (Wildman–Crippen LogP) is 2.07. The van der Waals surface area contributed by atoms with E-state index in [1.54, 1.807) is 12.1 Å².